The van der Waals surface area contributed by atoms with Gasteiger partial charge in [-0.1, -0.05) is 6.92 Å². The Morgan fingerprint density at radius 3 is 3.00 bits per heavy atom. The molecule has 128 valence electrons. The van der Waals surface area contributed by atoms with Gasteiger partial charge in [-0.3, -0.25) is 9.47 Å². The number of likely N-dealkylation sites (N-methyl/N-ethyl adjacent to an activating group) is 1. The van der Waals surface area contributed by atoms with Gasteiger partial charge in [0.1, 0.15) is 12.1 Å². The first kappa shape index (κ1) is 15.6. The molecule has 1 aliphatic heterocycles. The van der Waals surface area contributed by atoms with E-state index in [1.807, 2.05) is 6.07 Å². The monoisotopic (exact) mass is 338 g/mol. The fraction of sp³-hybridized carbons (Fsp3) is 0.278. The van der Waals surface area contributed by atoms with E-state index in [1.165, 1.54) is 17.1 Å². The van der Waals surface area contributed by atoms with Crippen molar-refractivity contribution in [1.29, 1.82) is 0 Å². The highest BCUT2D eigenvalue weighted by atomic mass is 16.5. The average Bonchev–Trinajstić information content (AvgIpc) is 3.05. The quantitative estimate of drug-likeness (QED) is 0.790. The van der Waals surface area contributed by atoms with Gasteiger partial charge in [0.25, 0.3) is 0 Å². The maximum atomic E-state index is 11.2. The standard InChI is InChI=1S/C18H18N4O3/c1-2-21-7-6-15-14(10-21)17(20-11-19-15)25-13-3-4-16-12(9-13)5-8-22(16)18(23)24/h3-5,8-9,11H,2,6-7,10H2,1H3,(H,23,24). The number of rotatable bonds is 3. The molecule has 0 atom stereocenters. The largest absolute Gasteiger partial charge is 0.464 e. The van der Waals surface area contributed by atoms with Crippen LogP contribution in [0.5, 0.6) is 11.6 Å². The second-order valence-electron chi connectivity index (χ2n) is 6.01. The summed E-state index contributed by atoms with van der Waals surface area (Å²) in [4.78, 5) is 22.2. The molecule has 1 N–H and O–H groups in total. The fourth-order valence-corrected chi connectivity index (χ4v) is 3.19. The van der Waals surface area contributed by atoms with Crippen LogP contribution in [-0.2, 0) is 13.0 Å². The summed E-state index contributed by atoms with van der Waals surface area (Å²) in [5.74, 6) is 1.20. The van der Waals surface area contributed by atoms with Gasteiger partial charge < -0.3 is 9.84 Å². The van der Waals surface area contributed by atoms with E-state index in [-0.39, 0.29) is 0 Å². The molecule has 2 aromatic heterocycles. The topological polar surface area (TPSA) is 80.5 Å². The molecule has 7 heteroatoms. The lowest BCUT2D eigenvalue weighted by molar-refractivity contribution is 0.197. The van der Waals surface area contributed by atoms with Crippen molar-refractivity contribution in [3.05, 3.63) is 48.0 Å². The summed E-state index contributed by atoms with van der Waals surface area (Å²) < 4.78 is 7.20. The van der Waals surface area contributed by atoms with E-state index >= 15 is 0 Å². The zero-order valence-electron chi connectivity index (χ0n) is 13.8. The molecule has 0 aliphatic carbocycles. The zero-order chi connectivity index (χ0) is 17.4. The number of fused-ring (bicyclic) bond motifs is 2. The Labute approximate surface area is 144 Å². The highest BCUT2D eigenvalue weighted by molar-refractivity contribution is 5.89. The van der Waals surface area contributed by atoms with Gasteiger partial charge in [0.15, 0.2) is 0 Å². The number of aromatic nitrogens is 3. The third kappa shape index (κ3) is 2.83. The van der Waals surface area contributed by atoms with Gasteiger partial charge in [-0.2, -0.15) is 0 Å². The second kappa shape index (κ2) is 6.18. The van der Waals surface area contributed by atoms with Crippen LogP contribution in [0.1, 0.15) is 18.2 Å². The van der Waals surface area contributed by atoms with Gasteiger partial charge in [-0.05, 0) is 30.8 Å². The molecule has 0 saturated heterocycles. The van der Waals surface area contributed by atoms with Crippen LogP contribution in [0.25, 0.3) is 10.9 Å². The number of hydrogen-bond acceptors (Lipinski definition) is 5. The number of benzene rings is 1. The minimum absolute atomic E-state index is 0.570. The molecule has 4 rings (SSSR count). The maximum Gasteiger partial charge on any atom is 0.415 e. The summed E-state index contributed by atoms with van der Waals surface area (Å²) in [6.45, 7) is 4.88. The Hall–Kier alpha value is -2.93. The number of ether oxygens (including phenoxy) is 1. The molecule has 0 fully saturated rings. The predicted octanol–water partition coefficient (Wildman–Crippen LogP) is 3.13. The summed E-state index contributed by atoms with van der Waals surface area (Å²) in [5.41, 5.74) is 2.69. The van der Waals surface area contributed by atoms with Gasteiger partial charge in [0.05, 0.1) is 16.8 Å². The van der Waals surface area contributed by atoms with E-state index in [1.54, 1.807) is 18.2 Å². The number of nitrogens with zero attached hydrogens (tertiary/aromatic N) is 4. The molecule has 7 nitrogen and oxygen atoms in total. The van der Waals surface area contributed by atoms with E-state index < -0.39 is 6.09 Å². The first-order valence-electron chi connectivity index (χ1n) is 8.23. The van der Waals surface area contributed by atoms with E-state index in [2.05, 4.69) is 21.8 Å². The zero-order valence-corrected chi connectivity index (χ0v) is 13.8. The molecule has 1 aliphatic rings. The van der Waals surface area contributed by atoms with Crippen molar-refractivity contribution < 1.29 is 14.6 Å². The van der Waals surface area contributed by atoms with Crippen molar-refractivity contribution in [2.75, 3.05) is 13.1 Å². The van der Waals surface area contributed by atoms with Gasteiger partial charge in [0, 0.05) is 31.1 Å². The molecule has 0 saturated carbocycles. The van der Waals surface area contributed by atoms with Crippen molar-refractivity contribution in [2.45, 2.75) is 19.9 Å². The fourth-order valence-electron chi connectivity index (χ4n) is 3.19. The Morgan fingerprint density at radius 1 is 1.32 bits per heavy atom. The van der Waals surface area contributed by atoms with Gasteiger partial charge in [-0.15, -0.1) is 0 Å². The molecule has 3 heterocycles. The van der Waals surface area contributed by atoms with Crippen LogP contribution in [0.3, 0.4) is 0 Å². The molecule has 0 radical (unpaired) electrons. The lowest BCUT2D eigenvalue weighted by atomic mass is 10.1. The molecule has 0 unspecified atom stereocenters. The predicted molar refractivity (Wildman–Crippen MR) is 92.1 cm³/mol. The molecule has 25 heavy (non-hydrogen) atoms. The molecule has 1 aromatic carbocycles. The lowest BCUT2D eigenvalue weighted by Crippen LogP contribution is -2.31. The normalized spacial score (nSPS) is 14.4. The molecule has 0 amide bonds. The van der Waals surface area contributed by atoms with Crippen LogP contribution in [0, 0.1) is 0 Å². The highest BCUT2D eigenvalue weighted by Gasteiger charge is 2.21. The van der Waals surface area contributed by atoms with E-state index in [9.17, 15) is 4.79 Å². The Bertz CT molecular complexity index is 951. The Kier molecular flexibility index (Phi) is 3.85. The molecule has 0 bridgehead atoms. The molecular weight excluding hydrogens is 320 g/mol. The number of carbonyl (C=O) groups is 1. The van der Waals surface area contributed by atoms with Crippen molar-refractivity contribution in [3.8, 4) is 11.6 Å². The summed E-state index contributed by atoms with van der Waals surface area (Å²) in [6.07, 6.45) is 2.95. The molecular formula is C18H18N4O3. The van der Waals surface area contributed by atoms with E-state index in [0.29, 0.717) is 17.1 Å². The first-order valence-corrected chi connectivity index (χ1v) is 8.23. The summed E-state index contributed by atoms with van der Waals surface area (Å²) >= 11 is 0. The summed E-state index contributed by atoms with van der Waals surface area (Å²) in [6, 6.07) is 7.08. The van der Waals surface area contributed by atoms with Crippen molar-refractivity contribution in [3.63, 3.8) is 0 Å². The van der Waals surface area contributed by atoms with Crippen LogP contribution in [-0.4, -0.2) is 43.7 Å². The van der Waals surface area contributed by atoms with Crippen molar-refractivity contribution >= 4 is 17.0 Å². The molecule has 0 spiro atoms. The van der Waals surface area contributed by atoms with Crippen molar-refractivity contribution in [1.82, 2.24) is 19.4 Å². The third-order valence-corrected chi connectivity index (χ3v) is 4.57. The van der Waals surface area contributed by atoms with Crippen molar-refractivity contribution in [2.24, 2.45) is 0 Å². The molecule has 3 aromatic rings. The Balaban J connectivity index is 1.67. The number of hydrogen-bond donors (Lipinski definition) is 1. The highest BCUT2D eigenvalue weighted by Crippen LogP contribution is 2.30. The summed E-state index contributed by atoms with van der Waals surface area (Å²) in [5, 5.41) is 9.97. The Morgan fingerprint density at radius 2 is 2.20 bits per heavy atom. The van der Waals surface area contributed by atoms with Gasteiger partial charge in [0.2, 0.25) is 5.88 Å². The van der Waals surface area contributed by atoms with Crippen LogP contribution < -0.4 is 4.74 Å². The van der Waals surface area contributed by atoms with Gasteiger partial charge >= 0.3 is 6.09 Å². The maximum absolute atomic E-state index is 11.2. The van der Waals surface area contributed by atoms with E-state index in [0.717, 1.165) is 42.7 Å². The lowest BCUT2D eigenvalue weighted by Gasteiger charge is -2.27. The van der Waals surface area contributed by atoms with Gasteiger partial charge in [-0.25, -0.2) is 14.8 Å². The van der Waals surface area contributed by atoms with Crippen LogP contribution in [0.15, 0.2) is 36.8 Å². The van der Waals surface area contributed by atoms with Crippen LogP contribution >= 0.6 is 0 Å². The van der Waals surface area contributed by atoms with E-state index in [4.69, 9.17) is 9.84 Å². The third-order valence-electron chi connectivity index (χ3n) is 4.57. The first-order chi connectivity index (χ1) is 12.2. The second-order valence-corrected chi connectivity index (χ2v) is 6.01. The van der Waals surface area contributed by atoms with Crippen LogP contribution in [0.2, 0.25) is 0 Å². The van der Waals surface area contributed by atoms with Crippen LogP contribution in [0.4, 0.5) is 4.79 Å². The smallest absolute Gasteiger partial charge is 0.415 e. The number of carboxylic acid groups (broad SMARTS) is 1. The summed E-state index contributed by atoms with van der Waals surface area (Å²) in [7, 11) is 0. The minimum Gasteiger partial charge on any atom is -0.464 e. The average molecular weight is 338 g/mol. The SMILES string of the molecule is CCN1CCc2ncnc(Oc3ccc4c(ccn4C(=O)O)c3)c2C1. The minimum atomic E-state index is -1.01.